The molecule has 0 amide bonds. The number of ketones is 2. The Morgan fingerprint density at radius 1 is 1.07 bits per heavy atom. The van der Waals surface area contributed by atoms with Crippen molar-refractivity contribution in [3.63, 3.8) is 0 Å². The summed E-state index contributed by atoms with van der Waals surface area (Å²) in [6.07, 6.45) is 7.58. The number of anilines is 1. The first-order valence-electron chi connectivity index (χ1n) is 19.2. The number of aromatic carboxylic acids is 1. The van der Waals surface area contributed by atoms with Crippen LogP contribution in [0.2, 0.25) is 0 Å². The summed E-state index contributed by atoms with van der Waals surface area (Å²) in [5, 5.41) is 33.7. The van der Waals surface area contributed by atoms with Gasteiger partial charge in [0.05, 0.1) is 17.3 Å². The lowest BCUT2D eigenvalue weighted by atomic mass is 9.44. The number of halogens is 2. The summed E-state index contributed by atoms with van der Waals surface area (Å²) >= 11 is 0. The first kappa shape index (κ1) is 39.0. The average molecular weight is 766 g/mol. The van der Waals surface area contributed by atoms with E-state index < -0.39 is 75.6 Å². The van der Waals surface area contributed by atoms with Crippen LogP contribution in [0.3, 0.4) is 0 Å². The fourth-order valence-corrected chi connectivity index (χ4v) is 11.1. The summed E-state index contributed by atoms with van der Waals surface area (Å²) in [5.74, 6) is -4.55. The van der Waals surface area contributed by atoms with Crippen LogP contribution in [0.25, 0.3) is 10.9 Å². The quantitative estimate of drug-likeness (QED) is 0.313. The number of ether oxygens (including phenoxy) is 1. The summed E-state index contributed by atoms with van der Waals surface area (Å²) in [4.78, 5) is 62.7. The van der Waals surface area contributed by atoms with E-state index in [9.17, 15) is 43.7 Å². The summed E-state index contributed by atoms with van der Waals surface area (Å²) in [6.45, 7) is 8.70. The molecule has 1 aliphatic heterocycles. The Hall–Kier alpha value is -4.27. The maximum Gasteiger partial charge on any atom is 0.341 e. The van der Waals surface area contributed by atoms with Crippen LogP contribution in [0, 0.1) is 34.4 Å². The highest BCUT2D eigenvalue weighted by Crippen LogP contribution is 2.71. The molecule has 296 valence electrons. The first-order chi connectivity index (χ1) is 25.9. The van der Waals surface area contributed by atoms with Crippen molar-refractivity contribution in [1.82, 2.24) is 9.88 Å². The number of fused-ring (bicyclic) bond motifs is 6. The number of rotatable bonds is 6. The number of hydrogen-bond donors (Lipinski definition) is 4. The number of nitrogens with zero attached hydrogens (tertiary/aromatic N) is 2. The Labute approximate surface area is 317 Å². The lowest BCUT2D eigenvalue weighted by Gasteiger charge is -2.62. The molecule has 4 N–H and O–H groups in total. The van der Waals surface area contributed by atoms with E-state index in [0.29, 0.717) is 49.1 Å². The van der Waals surface area contributed by atoms with Gasteiger partial charge in [0, 0.05) is 73.4 Å². The zero-order chi connectivity index (χ0) is 39.8. The van der Waals surface area contributed by atoms with Gasteiger partial charge in [-0.3, -0.25) is 19.2 Å². The number of aromatic nitrogens is 1. The summed E-state index contributed by atoms with van der Waals surface area (Å²) < 4.78 is 39.2. The van der Waals surface area contributed by atoms with Crippen molar-refractivity contribution in [1.29, 1.82) is 0 Å². The molecule has 0 spiro atoms. The highest BCUT2D eigenvalue weighted by atomic mass is 19.1. The number of carboxylic acids is 1. The Bertz CT molecular complexity index is 2090. The van der Waals surface area contributed by atoms with Crippen LogP contribution in [0.15, 0.2) is 46.9 Å². The molecule has 4 saturated carbocycles. The lowest BCUT2D eigenvalue weighted by molar-refractivity contribution is -0.227. The van der Waals surface area contributed by atoms with Crippen molar-refractivity contribution in [3.8, 4) is 0 Å². The van der Waals surface area contributed by atoms with Crippen LogP contribution in [0.5, 0.6) is 0 Å². The molecule has 12 nitrogen and oxygen atoms in total. The van der Waals surface area contributed by atoms with Crippen LogP contribution in [-0.2, 0) is 19.1 Å². The highest BCUT2D eigenvalue weighted by Gasteiger charge is 2.77. The van der Waals surface area contributed by atoms with Crippen LogP contribution in [0.1, 0.15) is 82.6 Å². The Morgan fingerprint density at radius 3 is 2.38 bits per heavy atom. The number of carbonyl (C=O) groups is 4. The Morgan fingerprint density at radius 2 is 1.76 bits per heavy atom. The molecular weight excluding hydrogens is 716 g/mol. The van der Waals surface area contributed by atoms with E-state index in [0.717, 1.165) is 25.9 Å². The van der Waals surface area contributed by atoms with Gasteiger partial charge < -0.3 is 34.8 Å². The van der Waals surface area contributed by atoms with Gasteiger partial charge in [-0.05, 0) is 75.7 Å². The third-order valence-electron chi connectivity index (χ3n) is 13.8. The molecule has 6 aliphatic rings. The number of allylic oxidation sites excluding steroid dienone is 4. The van der Waals surface area contributed by atoms with Gasteiger partial charge in [0.25, 0.3) is 0 Å². The van der Waals surface area contributed by atoms with Crippen LogP contribution in [-0.4, -0.2) is 93.6 Å². The number of carbonyl (C=O) groups excluding carboxylic acids is 3. The molecule has 8 atom stereocenters. The van der Waals surface area contributed by atoms with Gasteiger partial charge in [-0.25, -0.2) is 13.6 Å². The molecule has 55 heavy (non-hydrogen) atoms. The van der Waals surface area contributed by atoms with Gasteiger partial charge in [-0.2, -0.15) is 0 Å². The molecule has 5 aliphatic carbocycles. The summed E-state index contributed by atoms with van der Waals surface area (Å²) in [5.41, 5.74) is -4.94. The maximum atomic E-state index is 17.1. The molecule has 2 aromatic rings. The molecule has 2 unspecified atom stereocenters. The van der Waals surface area contributed by atoms with Crippen LogP contribution in [0.4, 0.5) is 14.5 Å². The van der Waals surface area contributed by atoms with Gasteiger partial charge in [0.1, 0.15) is 18.0 Å². The average Bonchev–Trinajstić information content (AvgIpc) is 3.96. The van der Waals surface area contributed by atoms with E-state index in [-0.39, 0.29) is 35.1 Å². The number of alkyl halides is 1. The van der Waals surface area contributed by atoms with Gasteiger partial charge in [-0.15, -0.1) is 0 Å². The van der Waals surface area contributed by atoms with Gasteiger partial charge >= 0.3 is 11.9 Å². The third-order valence-corrected chi connectivity index (χ3v) is 13.8. The van der Waals surface area contributed by atoms with E-state index in [1.165, 1.54) is 31.3 Å². The fourth-order valence-electron chi connectivity index (χ4n) is 11.1. The molecule has 5 fully saturated rings. The molecule has 1 saturated heterocycles. The number of Topliss-reactive ketones (excluding diaryl/α,β-unsaturated/α-hetero) is 1. The lowest BCUT2D eigenvalue weighted by Crippen LogP contribution is -2.70. The number of aliphatic hydroxyl groups excluding tert-OH is 2. The Kier molecular flexibility index (Phi) is 9.73. The molecule has 2 heterocycles. The minimum absolute atomic E-state index is 0.0846. The summed E-state index contributed by atoms with van der Waals surface area (Å²) in [6, 6.07) is 3.08. The normalized spacial score (nSPS) is 35.2. The topological polar surface area (TPSA) is 175 Å². The second-order valence-electron chi connectivity index (χ2n) is 16.7. The number of aliphatic hydroxyl groups is 2. The zero-order valence-electron chi connectivity index (χ0n) is 31.6. The largest absolute Gasteiger partial charge is 0.477 e. The van der Waals surface area contributed by atoms with Gasteiger partial charge in [0.15, 0.2) is 17.1 Å². The number of piperazine rings is 1. The zero-order valence-corrected chi connectivity index (χ0v) is 31.6. The SMILES string of the molecule is CC(=O)O[C@]1(C(=O)CO)[C@H](C)CC2C3CCC4=CC(=O)C=C[C@]4(C)[C@@]3(F)[C@@H](O)C[C@@]21C.O=C(O)c1cn(C2CC2)c2cc(N3CCNCC3)c(F)cc2c1=O. The minimum Gasteiger partial charge on any atom is -0.477 e. The third kappa shape index (κ3) is 5.80. The fraction of sp³-hybridized carbons (Fsp3) is 0.585. The van der Waals surface area contributed by atoms with Crippen molar-refractivity contribution < 1.29 is 48.0 Å². The molecular formula is C41H49F2N3O9. The van der Waals surface area contributed by atoms with Crippen molar-refractivity contribution in [2.24, 2.45) is 28.6 Å². The predicted molar refractivity (Wildman–Crippen MR) is 198 cm³/mol. The molecule has 0 bridgehead atoms. The molecule has 0 radical (unpaired) electrons. The Balaban J connectivity index is 0.000000174. The molecule has 1 aromatic heterocycles. The van der Waals surface area contributed by atoms with E-state index >= 15 is 4.39 Å². The highest BCUT2D eigenvalue weighted by molar-refractivity contribution is 6.01. The number of pyridine rings is 1. The summed E-state index contributed by atoms with van der Waals surface area (Å²) in [7, 11) is 0. The number of benzene rings is 1. The first-order valence-corrected chi connectivity index (χ1v) is 19.2. The minimum atomic E-state index is -2.02. The maximum absolute atomic E-state index is 17.1. The van der Waals surface area contributed by atoms with Crippen molar-refractivity contribution in [2.45, 2.75) is 89.6 Å². The molecule has 8 rings (SSSR count). The number of hydrogen-bond acceptors (Lipinski definition) is 10. The number of esters is 1. The predicted octanol–water partition coefficient (Wildman–Crippen LogP) is 4.05. The van der Waals surface area contributed by atoms with Crippen LogP contribution < -0.4 is 15.6 Å². The van der Waals surface area contributed by atoms with Crippen molar-refractivity contribution in [2.75, 3.05) is 37.7 Å². The molecule has 14 heteroatoms. The standard InChI is InChI=1S/C24H31FO6.C17H18FN3O3/c1-13-9-18-17-6-5-15-10-16(28)7-8-21(15,3)23(17,25)19(29)11-22(18,4)24(13,20(30)12-26)31-14(2)27;18-13-7-11-14(8-15(13)20-5-3-19-4-6-20)21(10-1-2-10)9-12(16(11)22)17(23)24/h7-8,10,13,17-19,26,29H,5-6,9,11-12H2,1-4H3;7-10,19H,1-6H2,(H,23,24)/t13-,17?,18?,19+,21+,22+,23+,24+;/m1./s1. The van der Waals surface area contributed by atoms with Gasteiger partial charge in [0.2, 0.25) is 11.2 Å². The number of carboxylic acid groups (broad SMARTS) is 1. The second kappa shape index (κ2) is 13.7. The second-order valence-corrected chi connectivity index (χ2v) is 16.7. The number of nitrogens with one attached hydrogen (secondary N) is 1. The van der Waals surface area contributed by atoms with Crippen molar-refractivity contribution >= 4 is 40.1 Å². The van der Waals surface area contributed by atoms with Gasteiger partial charge in [-0.1, -0.05) is 25.5 Å². The van der Waals surface area contributed by atoms with Crippen molar-refractivity contribution in [3.05, 3.63) is 63.7 Å². The smallest absolute Gasteiger partial charge is 0.341 e. The van der Waals surface area contributed by atoms with Crippen LogP contribution >= 0.6 is 0 Å². The van der Waals surface area contributed by atoms with E-state index in [4.69, 9.17) is 4.74 Å². The van der Waals surface area contributed by atoms with E-state index in [1.807, 2.05) is 9.47 Å². The monoisotopic (exact) mass is 765 g/mol. The molecule has 1 aromatic carbocycles. The van der Waals surface area contributed by atoms with E-state index in [2.05, 4.69) is 5.32 Å². The van der Waals surface area contributed by atoms with E-state index in [1.54, 1.807) is 32.9 Å².